The quantitative estimate of drug-likeness (QED) is 0.231. The van der Waals surface area contributed by atoms with Gasteiger partial charge in [0.05, 0.1) is 59.9 Å². The van der Waals surface area contributed by atoms with Gasteiger partial charge in [0, 0.05) is 31.7 Å². The third kappa shape index (κ3) is 4.70. The summed E-state index contributed by atoms with van der Waals surface area (Å²) in [6.07, 6.45) is 8.10. The first-order valence-corrected chi connectivity index (χ1v) is 15.8. The molecule has 1 aliphatic heterocycles. The molecule has 4 heterocycles. The van der Waals surface area contributed by atoms with Crippen LogP contribution >= 0.6 is 28.4 Å². The van der Waals surface area contributed by atoms with Gasteiger partial charge in [-0.1, -0.05) is 6.07 Å². The Morgan fingerprint density at radius 2 is 1.86 bits per heavy atom. The second-order valence-corrected chi connectivity index (χ2v) is 10.9. The van der Waals surface area contributed by atoms with Gasteiger partial charge >= 0.3 is 0 Å². The first kappa shape index (κ1) is 25.6. The fraction of sp³-hybridized carbons (Fsp3) is 0.320. The van der Waals surface area contributed by atoms with Gasteiger partial charge in [0.15, 0.2) is 0 Å². The van der Waals surface area contributed by atoms with Gasteiger partial charge in [0.25, 0.3) is 0 Å². The third-order valence-corrected chi connectivity index (χ3v) is 8.39. The van der Waals surface area contributed by atoms with Gasteiger partial charge < -0.3 is 14.3 Å². The number of nitrogens with zero attached hydrogens (tertiary/aromatic N) is 6. The number of carbonyl (C=O) groups excluding carboxylic acids is 2. The number of aromatic nitrogens is 6. The van der Waals surface area contributed by atoms with E-state index >= 15 is 0 Å². The van der Waals surface area contributed by atoms with Gasteiger partial charge in [0.2, 0.25) is 11.8 Å². The highest BCUT2D eigenvalue weighted by atomic mass is 127. The Kier molecular flexibility index (Phi) is 7.43. The number of halogens is 1. The predicted molar refractivity (Wildman–Crippen MR) is 152 cm³/mol. The molecule has 37 heavy (non-hydrogen) atoms. The summed E-state index contributed by atoms with van der Waals surface area (Å²) >= 11 is 2.35. The van der Waals surface area contributed by atoms with Crippen LogP contribution in [-0.4, -0.2) is 54.9 Å². The van der Waals surface area contributed by atoms with Crippen molar-refractivity contribution in [2.45, 2.75) is 32.2 Å². The third-order valence-electron chi connectivity index (χ3n) is 6.52. The van der Waals surface area contributed by atoms with E-state index in [-0.39, 0.29) is 11.8 Å². The Morgan fingerprint density at radius 3 is 2.59 bits per heavy atom. The zero-order chi connectivity index (χ0) is 26.1. The minimum atomic E-state index is 0.0523. The molecule has 1 fully saturated rings. The number of benzene rings is 1. The maximum atomic E-state index is 11.7. The molecule has 1 unspecified atom stereocenters. The summed E-state index contributed by atoms with van der Waals surface area (Å²) in [7, 11) is 1.89. The Balaban J connectivity index is 0.00000137. The normalized spacial score (nSPS) is 16.7. The molecule has 12 heteroatoms. The molecule has 2 aliphatic rings. The average Bonchev–Trinajstić information content (AvgIpc) is 3.54. The van der Waals surface area contributed by atoms with Crippen LogP contribution in [0.5, 0.6) is 11.8 Å². The summed E-state index contributed by atoms with van der Waals surface area (Å²) in [6.45, 7) is 4.95. The van der Waals surface area contributed by atoms with E-state index < -0.39 is 0 Å². The number of fused-ring (bicyclic) bond motifs is 4. The second-order valence-electron chi connectivity index (χ2n) is 8.83. The van der Waals surface area contributed by atoms with Crippen molar-refractivity contribution < 1.29 is 19.1 Å². The molecule has 0 radical (unpaired) electrons. The summed E-state index contributed by atoms with van der Waals surface area (Å²) in [5.41, 5.74) is 5.74. The summed E-state index contributed by atoms with van der Waals surface area (Å²) < 4.78 is 18.1. The highest BCUT2D eigenvalue weighted by Gasteiger charge is 2.32. The van der Waals surface area contributed by atoms with Crippen LogP contribution in [0.15, 0.2) is 24.4 Å². The molecule has 10 nitrogen and oxygen atoms in total. The molecular formula is C25H26IN6O4P. The molecular weight excluding hydrogens is 606 g/mol. The lowest BCUT2D eigenvalue weighted by Crippen LogP contribution is -2.28. The molecule has 192 valence electrons. The van der Waals surface area contributed by atoms with Crippen LogP contribution in [0, 0.1) is 6.92 Å². The van der Waals surface area contributed by atoms with Gasteiger partial charge in [-0.05, 0) is 58.8 Å². The second kappa shape index (κ2) is 10.7. The van der Waals surface area contributed by atoms with E-state index in [1.54, 1.807) is 4.68 Å². The van der Waals surface area contributed by atoms with Gasteiger partial charge in [0.1, 0.15) is 12.6 Å². The van der Waals surface area contributed by atoms with Crippen molar-refractivity contribution in [1.82, 2.24) is 29.1 Å². The summed E-state index contributed by atoms with van der Waals surface area (Å²) in [5.74, 6) is 1.69. The van der Waals surface area contributed by atoms with Gasteiger partial charge in [-0.25, -0.2) is 13.8 Å². The molecule has 1 aromatic carbocycles. The Bertz CT molecular complexity index is 1500. The van der Waals surface area contributed by atoms with Gasteiger partial charge in [-0.3, -0.25) is 4.79 Å². The predicted octanol–water partition coefficient (Wildman–Crippen LogP) is 4.78. The van der Waals surface area contributed by atoms with Crippen LogP contribution in [-0.2, 0) is 16.6 Å². The van der Waals surface area contributed by atoms with E-state index in [4.69, 9.17) is 24.5 Å². The van der Waals surface area contributed by atoms with Crippen LogP contribution in [0.1, 0.15) is 42.3 Å². The number of Topliss-reactive ketones (excluding diaryl/α,β-unsaturated/α-hetero) is 1. The number of rotatable bonds is 2. The molecule has 1 atom stereocenters. The van der Waals surface area contributed by atoms with E-state index in [0.29, 0.717) is 44.7 Å². The molecule has 0 amide bonds. The molecule has 0 spiro atoms. The number of ether oxygens (including phenoxy) is 2. The fourth-order valence-corrected chi connectivity index (χ4v) is 6.15. The standard InChI is InChI=1S/C24H24IN6O3P.CH2O/c1-14-18-5-6-21-19-10-15(4-7-22(19)31(28-21)35-25)20-13-26-29(2)23(20)33-8-3-9-34-24(18)30(27-14)16-11-17(32)12-16;1-2/h4-7,10,13,16,35H,3,8-9,11-12H2,1-2H3;1H2/b6-5+;. The molecule has 0 N–H and O–H groups in total. The maximum Gasteiger partial charge on any atom is 0.219 e. The smallest absolute Gasteiger partial charge is 0.219 e. The lowest BCUT2D eigenvalue weighted by molar-refractivity contribution is -0.126. The topological polar surface area (TPSA) is 106 Å². The van der Waals surface area contributed by atoms with Crippen molar-refractivity contribution >= 4 is 64.0 Å². The van der Waals surface area contributed by atoms with Crippen molar-refractivity contribution in [1.29, 1.82) is 0 Å². The molecule has 4 aromatic rings. The molecule has 1 saturated carbocycles. The highest BCUT2D eigenvalue weighted by molar-refractivity contribution is 14.2. The minimum Gasteiger partial charge on any atom is -0.477 e. The highest BCUT2D eigenvalue weighted by Crippen LogP contribution is 2.38. The van der Waals surface area contributed by atoms with Crippen molar-refractivity contribution in [2.75, 3.05) is 13.2 Å². The average molecular weight is 632 g/mol. The Labute approximate surface area is 228 Å². The van der Waals surface area contributed by atoms with Crippen LogP contribution in [0.4, 0.5) is 0 Å². The van der Waals surface area contributed by atoms with E-state index in [1.807, 2.05) is 48.2 Å². The van der Waals surface area contributed by atoms with Gasteiger partial charge in [-0.2, -0.15) is 15.3 Å². The number of hydrogen-bond donors (Lipinski definition) is 0. The van der Waals surface area contributed by atoms with Gasteiger partial charge in [-0.15, -0.1) is 0 Å². The minimum absolute atomic E-state index is 0.0523. The summed E-state index contributed by atoms with van der Waals surface area (Å²) in [6, 6.07) is 6.42. The number of carbonyl (C=O) groups is 2. The Morgan fingerprint density at radius 1 is 1.11 bits per heavy atom. The van der Waals surface area contributed by atoms with E-state index in [9.17, 15) is 4.79 Å². The monoisotopic (exact) mass is 632 g/mol. The molecule has 3 aromatic heterocycles. The van der Waals surface area contributed by atoms with Crippen molar-refractivity contribution in [3.8, 4) is 22.9 Å². The van der Waals surface area contributed by atoms with Crippen molar-refractivity contribution in [2.24, 2.45) is 7.05 Å². The first-order chi connectivity index (χ1) is 18.0. The Hall–Kier alpha value is -3.05. The maximum absolute atomic E-state index is 11.7. The summed E-state index contributed by atoms with van der Waals surface area (Å²) in [5, 5.41) is 15.1. The largest absolute Gasteiger partial charge is 0.477 e. The van der Waals surface area contributed by atoms with E-state index in [0.717, 1.165) is 44.9 Å². The van der Waals surface area contributed by atoms with Crippen LogP contribution in [0.2, 0.25) is 0 Å². The zero-order valence-corrected chi connectivity index (χ0v) is 23.6. The van der Waals surface area contributed by atoms with Crippen LogP contribution in [0.3, 0.4) is 0 Å². The molecule has 2 bridgehead atoms. The van der Waals surface area contributed by atoms with E-state index in [2.05, 4.69) is 45.3 Å². The molecule has 1 aliphatic carbocycles. The number of ketones is 1. The molecule has 6 rings (SSSR count). The summed E-state index contributed by atoms with van der Waals surface area (Å²) in [4.78, 5) is 19.7. The first-order valence-electron chi connectivity index (χ1n) is 11.8. The lowest BCUT2D eigenvalue weighted by Gasteiger charge is -2.26. The SMILES string of the molecule is C=O.Cc1nn(C2CC(=O)C2)c2c1/C=C/c1nn(PI)c3ccc(cc13)-c1cnn(C)c1OCCCO2. The van der Waals surface area contributed by atoms with Crippen molar-refractivity contribution in [3.05, 3.63) is 41.3 Å². The number of aryl methyl sites for hydroxylation is 2. The lowest BCUT2D eigenvalue weighted by atomic mass is 9.91. The zero-order valence-electron chi connectivity index (χ0n) is 20.5. The van der Waals surface area contributed by atoms with Crippen LogP contribution < -0.4 is 9.47 Å². The fourth-order valence-electron chi connectivity index (χ4n) is 4.61. The van der Waals surface area contributed by atoms with Crippen molar-refractivity contribution in [3.63, 3.8) is 0 Å². The molecule has 0 saturated heterocycles. The van der Waals surface area contributed by atoms with Crippen LogP contribution in [0.25, 0.3) is 34.2 Å². The number of hydrogen-bond acceptors (Lipinski definition) is 7. The van der Waals surface area contributed by atoms with E-state index in [1.165, 1.54) is 0 Å².